The standard InChI is InChI=1S/C21H23ClN2O4/c22-17-11-9-15(10-12-17)19(25)14-28-21(27)18(23)8-4-5-13-24-20(26)16-6-2-1-3-7-16/h1-3,6-7,9-12,18H,4-5,8,13-14,23H2,(H,24,26). The number of rotatable bonds is 10. The number of halogens is 1. The van der Waals surface area contributed by atoms with Crippen LogP contribution in [0.2, 0.25) is 5.02 Å². The van der Waals surface area contributed by atoms with Crippen LogP contribution in [-0.2, 0) is 9.53 Å². The molecule has 0 saturated carbocycles. The summed E-state index contributed by atoms with van der Waals surface area (Å²) >= 11 is 5.77. The van der Waals surface area contributed by atoms with Crippen LogP contribution in [0.4, 0.5) is 0 Å². The molecule has 148 valence electrons. The molecule has 2 aromatic rings. The highest BCUT2D eigenvalue weighted by Crippen LogP contribution is 2.10. The normalized spacial score (nSPS) is 11.5. The minimum atomic E-state index is -0.803. The second-order valence-corrected chi connectivity index (χ2v) is 6.70. The molecular formula is C21H23ClN2O4. The van der Waals surface area contributed by atoms with Crippen molar-refractivity contribution in [2.45, 2.75) is 25.3 Å². The lowest BCUT2D eigenvalue weighted by molar-refractivity contribution is -0.144. The average molecular weight is 403 g/mol. The fraction of sp³-hybridized carbons (Fsp3) is 0.286. The molecule has 0 radical (unpaired) electrons. The minimum Gasteiger partial charge on any atom is -0.456 e. The monoisotopic (exact) mass is 402 g/mol. The highest BCUT2D eigenvalue weighted by molar-refractivity contribution is 6.30. The maximum atomic E-state index is 12.0. The minimum absolute atomic E-state index is 0.134. The highest BCUT2D eigenvalue weighted by atomic mass is 35.5. The van der Waals surface area contributed by atoms with Gasteiger partial charge < -0.3 is 15.8 Å². The van der Waals surface area contributed by atoms with Crippen LogP contribution in [0.5, 0.6) is 0 Å². The van der Waals surface area contributed by atoms with Gasteiger partial charge in [0.1, 0.15) is 6.04 Å². The Morgan fingerprint density at radius 3 is 2.32 bits per heavy atom. The number of ketones is 1. The molecule has 28 heavy (non-hydrogen) atoms. The van der Waals surface area contributed by atoms with Crippen molar-refractivity contribution in [2.24, 2.45) is 5.73 Å². The van der Waals surface area contributed by atoms with Crippen molar-refractivity contribution in [3.8, 4) is 0 Å². The van der Waals surface area contributed by atoms with Gasteiger partial charge in [-0.25, -0.2) is 0 Å². The number of esters is 1. The summed E-state index contributed by atoms with van der Waals surface area (Å²) in [7, 11) is 0. The molecule has 1 atom stereocenters. The van der Waals surface area contributed by atoms with E-state index in [1.807, 2.05) is 6.07 Å². The second kappa shape index (κ2) is 11.2. The molecule has 7 heteroatoms. The molecule has 0 aromatic heterocycles. The van der Waals surface area contributed by atoms with Crippen LogP contribution in [0.1, 0.15) is 40.0 Å². The topological polar surface area (TPSA) is 98.5 Å². The van der Waals surface area contributed by atoms with Gasteiger partial charge in [-0.2, -0.15) is 0 Å². The third kappa shape index (κ3) is 7.13. The smallest absolute Gasteiger partial charge is 0.323 e. The van der Waals surface area contributed by atoms with Crippen molar-refractivity contribution in [1.29, 1.82) is 0 Å². The van der Waals surface area contributed by atoms with Crippen molar-refractivity contribution < 1.29 is 19.1 Å². The first-order chi connectivity index (χ1) is 13.5. The number of ether oxygens (including phenoxy) is 1. The zero-order chi connectivity index (χ0) is 20.4. The van der Waals surface area contributed by atoms with Crippen molar-refractivity contribution in [3.05, 3.63) is 70.7 Å². The molecule has 0 spiro atoms. The van der Waals surface area contributed by atoms with E-state index in [0.29, 0.717) is 42.0 Å². The number of hydrogen-bond acceptors (Lipinski definition) is 5. The first-order valence-electron chi connectivity index (χ1n) is 9.01. The van der Waals surface area contributed by atoms with Gasteiger partial charge in [-0.15, -0.1) is 0 Å². The van der Waals surface area contributed by atoms with E-state index in [1.54, 1.807) is 48.5 Å². The van der Waals surface area contributed by atoms with Gasteiger partial charge in [0.05, 0.1) is 0 Å². The zero-order valence-corrected chi connectivity index (χ0v) is 16.2. The quantitative estimate of drug-likeness (QED) is 0.361. The SMILES string of the molecule is NC(CCCCNC(=O)c1ccccc1)C(=O)OCC(=O)c1ccc(Cl)cc1. The van der Waals surface area contributed by atoms with Crippen LogP contribution >= 0.6 is 11.6 Å². The van der Waals surface area contributed by atoms with Gasteiger partial charge in [0.25, 0.3) is 5.91 Å². The van der Waals surface area contributed by atoms with Crippen LogP contribution in [0.15, 0.2) is 54.6 Å². The molecule has 2 aromatic carbocycles. The summed E-state index contributed by atoms with van der Waals surface area (Å²) in [4.78, 5) is 35.7. The Hall–Kier alpha value is -2.70. The van der Waals surface area contributed by atoms with E-state index in [2.05, 4.69) is 5.32 Å². The summed E-state index contributed by atoms with van der Waals surface area (Å²) in [6.07, 6.45) is 1.74. The van der Waals surface area contributed by atoms with Gasteiger partial charge in [-0.3, -0.25) is 14.4 Å². The number of nitrogens with one attached hydrogen (secondary N) is 1. The Balaban J connectivity index is 1.61. The largest absolute Gasteiger partial charge is 0.456 e. The van der Waals surface area contributed by atoms with Gasteiger partial charge in [0.2, 0.25) is 0 Å². The van der Waals surface area contributed by atoms with Gasteiger partial charge >= 0.3 is 5.97 Å². The molecule has 0 heterocycles. The van der Waals surface area contributed by atoms with Crippen LogP contribution in [0.3, 0.4) is 0 Å². The van der Waals surface area contributed by atoms with E-state index in [9.17, 15) is 14.4 Å². The molecule has 0 aliphatic heterocycles. The molecule has 0 aliphatic rings. The fourth-order valence-corrected chi connectivity index (χ4v) is 2.59. The van der Waals surface area contributed by atoms with Crippen molar-refractivity contribution >= 4 is 29.3 Å². The van der Waals surface area contributed by atoms with E-state index in [1.165, 1.54) is 0 Å². The lowest BCUT2D eigenvalue weighted by atomic mass is 10.1. The Kier molecular flexibility index (Phi) is 8.65. The number of unbranched alkanes of at least 4 members (excludes halogenated alkanes) is 1. The van der Waals surface area contributed by atoms with Crippen LogP contribution < -0.4 is 11.1 Å². The maximum absolute atomic E-state index is 12.0. The van der Waals surface area contributed by atoms with Gasteiger partial charge in [-0.05, 0) is 55.7 Å². The van der Waals surface area contributed by atoms with Crippen LogP contribution in [0, 0.1) is 0 Å². The predicted molar refractivity (Wildman–Crippen MR) is 107 cm³/mol. The highest BCUT2D eigenvalue weighted by Gasteiger charge is 2.17. The summed E-state index contributed by atoms with van der Waals surface area (Å²) < 4.78 is 4.99. The number of Topliss-reactive ketones (excluding diaryl/α,β-unsaturated/α-hetero) is 1. The Morgan fingerprint density at radius 2 is 1.64 bits per heavy atom. The van der Waals surface area contributed by atoms with E-state index in [4.69, 9.17) is 22.1 Å². The number of carbonyl (C=O) groups excluding carboxylic acids is 3. The zero-order valence-electron chi connectivity index (χ0n) is 15.4. The molecule has 6 nitrogen and oxygen atoms in total. The van der Waals surface area contributed by atoms with Gasteiger partial charge in [0, 0.05) is 22.7 Å². The second-order valence-electron chi connectivity index (χ2n) is 6.26. The predicted octanol–water partition coefficient (Wildman–Crippen LogP) is 2.99. The summed E-state index contributed by atoms with van der Waals surface area (Å²) in [6.45, 7) is 0.131. The van der Waals surface area contributed by atoms with Gasteiger partial charge in [-0.1, -0.05) is 29.8 Å². The number of hydrogen-bond donors (Lipinski definition) is 2. The Morgan fingerprint density at radius 1 is 0.964 bits per heavy atom. The molecule has 3 N–H and O–H groups in total. The molecule has 0 aliphatic carbocycles. The molecular weight excluding hydrogens is 380 g/mol. The lowest BCUT2D eigenvalue weighted by Gasteiger charge is -2.11. The first-order valence-corrected chi connectivity index (χ1v) is 9.39. The molecule has 0 bridgehead atoms. The summed E-state index contributed by atoms with van der Waals surface area (Å²) in [5.74, 6) is -1.07. The third-order valence-electron chi connectivity index (χ3n) is 4.08. The number of benzene rings is 2. The summed E-state index contributed by atoms with van der Waals surface area (Å²) in [5, 5.41) is 3.34. The fourth-order valence-electron chi connectivity index (χ4n) is 2.46. The Bertz CT molecular complexity index is 794. The third-order valence-corrected chi connectivity index (χ3v) is 4.33. The molecule has 0 saturated heterocycles. The lowest BCUT2D eigenvalue weighted by Crippen LogP contribution is -2.33. The Labute approximate surface area is 169 Å². The van der Waals surface area contributed by atoms with Crippen molar-refractivity contribution in [1.82, 2.24) is 5.32 Å². The summed E-state index contributed by atoms with van der Waals surface area (Å²) in [5.41, 5.74) is 6.83. The number of amides is 1. The molecule has 1 amide bonds. The van der Waals surface area contributed by atoms with Crippen molar-refractivity contribution in [3.63, 3.8) is 0 Å². The number of nitrogens with two attached hydrogens (primary N) is 1. The first kappa shape index (κ1) is 21.6. The average Bonchev–Trinajstić information content (AvgIpc) is 2.72. The van der Waals surface area contributed by atoms with E-state index in [0.717, 1.165) is 0 Å². The van der Waals surface area contributed by atoms with E-state index in [-0.39, 0.29) is 18.3 Å². The summed E-state index contributed by atoms with van der Waals surface area (Å²) in [6, 6.07) is 14.5. The van der Waals surface area contributed by atoms with Gasteiger partial charge in [0.15, 0.2) is 12.4 Å². The maximum Gasteiger partial charge on any atom is 0.323 e. The van der Waals surface area contributed by atoms with Crippen LogP contribution in [-0.4, -0.2) is 36.9 Å². The number of carbonyl (C=O) groups is 3. The molecule has 1 unspecified atom stereocenters. The molecule has 2 rings (SSSR count). The van der Waals surface area contributed by atoms with E-state index >= 15 is 0 Å². The van der Waals surface area contributed by atoms with E-state index < -0.39 is 12.0 Å². The molecule has 0 fully saturated rings. The van der Waals surface area contributed by atoms with Crippen molar-refractivity contribution in [2.75, 3.05) is 13.2 Å². The van der Waals surface area contributed by atoms with Crippen LogP contribution in [0.25, 0.3) is 0 Å².